The van der Waals surface area contributed by atoms with E-state index in [4.69, 9.17) is 9.47 Å². The summed E-state index contributed by atoms with van der Waals surface area (Å²) in [5.41, 5.74) is 0.707. The Balaban J connectivity index is 0.00000264. The molecule has 0 bridgehead atoms. The van der Waals surface area contributed by atoms with Gasteiger partial charge < -0.3 is 20.1 Å². The molecule has 1 aromatic rings. The van der Waals surface area contributed by atoms with E-state index < -0.39 is 0 Å². The lowest BCUT2D eigenvalue weighted by Gasteiger charge is -2.27. The Morgan fingerprint density at radius 1 is 1.22 bits per heavy atom. The van der Waals surface area contributed by atoms with Gasteiger partial charge in [0.2, 0.25) is 5.91 Å². The molecule has 0 aromatic heterocycles. The number of amides is 1. The van der Waals surface area contributed by atoms with E-state index in [0.717, 1.165) is 25.9 Å². The maximum atomic E-state index is 12.3. The van der Waals surface area contributed by atoms with Crippen molar-refractivity contribution in [2.45, 2.75) is 26.2 Å². The van der Waals surface area contributed by atoms with Crippen LogP contribution in [0.4, 0.5) is 5.69 Å². The number of nitrogens with one attached hydrogen (secondary N) is 2. The number of methoxy groups -OCH3 is 2. The van der Waals surface area contributed by atoms with Crippen molar-refractivity contribution in [3.05, 3.63) is 18.2 Å². The molecule has 1 saturated heterocycles. The minimum atomic E-state index is 0. The van der Waals surface area contributed by atoms with Crippen molar-refractivity contribution < 1.29 is 14.3 Å². The van der Waals surface area contributed by atoms with Crippen LogP contribution < -0.4 is 20.1 Å². The molecule has 0 radical (unpaired) electrons. The van der Waals surface area contributed by atoms with Crippen molar-refractivity contribution in [2.24, 2.45) is 11.8 Å². The van der Waals surface area contributed by atoms with E-state index in [1.165, 1.54) is 0 Å². The quantitative estimate of drug-likeness (QED) is 0.834. The lowest BCUT2D eigenvalue weighted by atomic mass is 9.84. The minimum Gasteiger partial charge on any atom is -0.497 e. The van der Waals surface area contributed by atoms with E-state index in [1.807, 2.05) is 0 Å². The third-order valence-corrected chi connectivity index (χ3v) is 4.33. The number of piperidine rings is 1. The van der Waals surface area contributed by atoms with Gasteiger partial charge in [-0.15, -0.1) is 12.4 Å². The molecule has 1 fully saturated rings. The number of rotatable bonds is 6. The topological polar surface area (TPSA) is 59.6 Å². The highest BCUT2D eigenvalue weighted by Crippen LogP contribution is 2.27. The molecule has 2 N–H and O–H groups in total. The van der Waals surface area contributed by atoms with Crippen molar-refractivity contribution in [1.82, 2.24) is 5.32 Å². The zero-order chi connectivity index (χ0) is 15.9. The van der Waals surface area contributed by atoms with Gasteiger partial charge in [0.15, 0.2) is 0 Å². The number of carbonyl (C=O) groups excluding carboxylic acids is 1. The van der Waals surface area contributed by atoms with Crippen molar-refractivity contribution in [3.63, 3.8) is 0 Å². The molecule has 1 atom stereocenters. The van der Waals surface area contributed by atoms with Crippen LogP contribution in [0.15, 0.2) is 18.2 Å². The molecular weight excluding hydrogens is 316 g/mol. The Morgan fingerprint density at radius 3 is 2.30 bits per heavy atom. The van der Waals surface area contributed by atoms with Crippen LogP contribution in [0.25, 0.3) is 0 Å². The first-order chi connectivity index (χ1) is 10.6. The zero-order valence-corrected chi connectivity index (χ0v) is 14.9. The summed E-state index contributed by atoms with van der Waals surface area (Å²) in [6.45, 7) is 4.29. The maximum Gasteiger partial charge on any atom is 0.224 e. The zero-order valence-electron chi connectivity index (χ0n) is 14.1. The van der Waals surface area contributed by atoms with E-state index in [2.05, 4.69) is 17.6 Å². The van der Waals surface area contributed by atoms with E-state index in [1.54, 1.807) is 32.4 Å². The van der Waals surface area contributed by atoms with Gasteiger partial charge in [-0.2, -0.15) is 0 Å². The van der Waals surface area contributed by atoms with Gasteiger partial charge in [-0.1, -0.05) is 6.92 Å². The van der Waals surface area contributed by atoms with Gasteiger partial charge in [0, 0.05) is 30.3 Å². The third kappa shape index (κ3) is 5.92. The second-order valence-electron chi connectivity index (χ2n) is 5.92. The van der Waals surface area contributed by atoms with Gasteiger partial charge in [0.05, 0.1) is 14.2 Å². The Hall–Kier alpha value is -1.46. The first kappa shape index (κ1) is 19.6. The molecule has 6 heteroatoms. The lowest BCUT2D eigenvalue weighted by molar-refractivity contribution is -0.117. The van der Waals surface area contributed by atoms with E-state index in [-0.39, 0.29) is 18.3 Å². The Labute approximate surface area is 144 Å². The highest BCUT2D eigenvalue weighted by Gasteiger charge is 2.22. The third-order valence-electron chi connectivity index (χ3n) is 4.33. The molecule has 5 nitrogen and oxygen atoms in total. The number of hydrogen-bond donors (Lipinski definition) is 2. The average molecular weight is 343 g/mol. The second-order valence-corrected chi connectivity index (χ2v) is 5.92. The summed E-state index contributed by atoms with van der Waals surface area (Å²) < 4.78 is 10.4. The molecule has 130 valence electrons. The maximum absolute atomic E-state index is 12.3. The van der Waals surface area contributed by atoms with Gasteiger partial charge in [-0.3, -0.25) is 4.79 Å². The van der Waals surface area contributed by atoms with Crippen LogP contribution in [0.3, 0.4) is 0 Å². The predicted molar refractivity (Wildman–Crippen MR) is 94.8 cm³/mol. The summed E-state index contributed by atoms with van der Waals surface area (Å²) in [6, 6.07) is 5.39. The van der Waals surface area contributed by atoms with Crippen molar-refractivity contribution >= 4 is 24.0 Å². The molecule has 0 saturated carbocycles. The van der Waals surface area contributed by atoms with Gasteiger partial charge >= 0.3 is 0 Å². The standard InChI is InChI=1S/C17H26N2O3.ClH/c1-12(13-4-6-18-7-5-13)8-17(20)19-14-9-15(21-2)11-16(10-14)22-3;/h9-13,18H,4-8H2,1-3H3,(H,19,20);1H. The van der Waals surface area contributed by atoms with Gasteiger partial charge in [-0.25, -0.2) is 0 Å². The number of ether oxygens (including phenoxy) is 2. The molecule has 0 spiro atoms. The molecule has 2 rings (SSSR count). The van der Waals surface area contributed by atoms with E-state index in [9.17, 15) is 4.79 Å². The summed E-state index contributed by atoms with van der Waals surface area (Å²) >= 11 is 0. The largest absolute Gasteiger partial charge is 0.497 e. The van der Waals surface area contributed by atoms with E-state index >= 15 is 0 Å². The number of carbonyl (C=O) groups is 1. The number of benzene rings is 1. The van der Waals surface area contributed by atoms with Gasteiger partial charge in [0.25, 0.3) is 0 Å². The molecule has 1 aliphatic heterocycles. The fourth-order valence-corrected chi connectivity index (χ4v) is 2.96. The number of hydrogen-bond acceptors (Lipinski definition) is 4. The van der Waals surface area contributed by atoms with Crippen LogP contribution in [-0.2, 0) is 4.79 Å². The predicted octanol–water partition coefficient (Wildman–Crippen LogP) is 3.09. The Kier molecular flexibility index (Phi) is 8.20. The minimum absolute atomic E-state index is 0. The van der Waals surface area contributed by atoms with Crippen LogP contribution in [0, 0.1) is 11.8 Å². The normalized spacial score (nSPS) is 16.1. The summed E-state index contributed by atoms with van der Waals surface area (Å²) in [6.07, 6.45) is 2.85. The monoisotopic (exact) mass is 342 g/mol. The molecule has 1 heterocycles. The Bertz CT molecular complexity index is 482. The lowest BCUT2D eigenvalue weighted by Crippen LogP contribution is -2.32. The molecule has 0 aliphatic carbocycles. The fraction of sp³-hybridized carbons (Fsp3) is 0.588. The highest BCUT2D eigenvalue weighted by atomic mass is 35.5. The van der Waals surface area contributed by atoms with Crippen LogP contribution in [-0.4, -0.2) is 33.2 Å². The van der Waals surface area contributed by atoms with Crippen molar-refractivity contribution in [1.29, 1.82) is 0 Å². The van der Waals surface area contributed by atoms with Crippen LogP contribution >= 0.6 is 12.4 Å². The number of anilines is 1. The Morgan fingerprint density at radius 2 is 1.78 bits per heavy atom. The van der Waals surface area contributed by atoms with Crippen molar-refractivity contribution in [3.8, 4) is 11.5 Å². The second kappa shape index (κ2) is 9.63. The SMILES string of the molecule is COc1cc(NC(=O)CC(C)C2CCNCC2)cc(OC)c1.Cl. The summed E-state index contributed by atoms with van der Waals surface area (Å²) in [7, 11) is 3.19. The molecule has 1 aliphatic rings. The van der Waals surface area contributed by atoms with Gasteiger partial charge in [-0.05, 0) is 37.8 Å². The summed E-state index contributed by atoms with van der Waals surface area (Å²) in [5, 5.41) is 6.31. The molecule has 1 aromatic carbocycles. The molecule has 1 amide bonds. The van der Waals surface area contributed by atoms with Crippen LogP contribution in [0.1, 0.15) is 26.2 Å². The first-order valence-electron chi connectivity index (χ1n) is 7.86. The van der Waals surface area contributed by atoms with Gasteiger partial charge in [0.1, 0.15) is 11.5 Å². The first-order valence-corrected chi connectivity index (χ1v) is 7.86. The average Bonchev–Trinajstić information content (AvgIpc) is 2.55. The molecular formula is C17H27ClN2O3. The van der Waals surface area contributed by atoms with Crippen LogP contribution in [0.5, 0.6) is 11.5 Å². The molecule has 1 unspecified atom stereocenters. The fourth-order valence-electron chi connectivity index (χ4n) is 2.96. The molecule has 23 heavy (non-hydrogen) atoms. The highest BCUT2D eigenvalue weighted by molar-refractivity contribution is 5.91. The number of halogens is 1. The smallest absolute Gasteiger partial charge is 0.224 e. The van der Waals surface area contributed by atoms with Crippen molar-refractivity contribution in [2.75, 3.05) is 32.6 Å². The van der Waals surface area contributed by atoms with Crippen LogP contribution in [0.2, 0.25) is 0 Å². The summed E-state index contributed by atoms with van der Waals surface area (Å²) in [4.78, 5) is 12.3. The summed E-state index contributed by atoms with van der Waals surface area (Å²) in [5.74, 6) is 2.41. The van der Waals surface area contributed by atoms with E-state index in [0.29, 0.717) is 35.4 Å².